The van der Waals surface area contributed by atoms with Crippen molar-refractivity contribution in [1.29, 1.82) is 0 Å². The fourth-order valence-electron chi connectivity index (χ4n) is 2.79. The summed E-state index contributed by atoms with van der Waals surface area (Å²) in [7, 11) is 0. The van der Waals surface area contributed by atoms with E-state index in [-0.39, 0.29) is 17.0 Å². The fraction of sp³-hybridized carbons (Fsp3) is 0.182. The first-order chi connectivity index (χ1) is 13.9. The van der Waals surface area contributed by atoms with Gasteiger partial charge in [-0.15, -0.1) is 0 Å². The Morgan fingerprint density at radius 2 is 1.79 bits per heavy atom. The number of carbonyl (C=O) groups excluding carboxylic acids is 1. The average molecular weight is 387 g/mol. The van der Waals surface area contributed by atoms with Crippen LogP contribution >= 0.6 is 0 Å². The van der Waals surface area contributed by atoms with Crippen molar-refractivity contribution in [3.63, 3.8) is 0 Å². The van der Waals surface area contributed by atoms with Gasteiger partial charge in [-0.2, -0.15) is 9.78 Å². The molecule has 7 heteroatoms. The molecule has 0 aliphatic rings. The Morgan fingerprint density at radius 1 is 1.03 bits per heavy atom. The molecule has 0 aliphatic carbocycles. The van der Waals surface area contributed by atoms with Crippen LogP contribution in [0, 0.1) is 0 Å². The lowest BCUT2D eigenvalue weighted by molar-refractivity contribution is 0.101. The lowest BCUT2D eigenvalue weighted by Crippen LogP contribution is -2.16. The quantitative estimate of drug-likeness (QED) is 0.558. The van der Waals surface area contributed by atoms with Crippen molar-refractivity contribution < 1.29 is 9.32 Å². The highest BCUT2D eigenvalue weighted by molar-refractivity contribution is 6.03. The van der Waals surface area contributed by atoms with Crippen molar-refractivity contribution in [2.24, 2.45) is 0 Å². The van der Waals surface area contributed by atoms with Gasteiger partial charge in [0.15, 0.2) is 17.3 Å². The van der Waals surface area contributed by atoms with Crippen LogP contribution in [0.3, 0.4) is 0 Å². The van der Waals surface area contributed by atoms with E-state index in [2.05, 4.69) is 41.3 Å². The Labute approximate surface area is 168 Å². The van der Waals surface area contributed by atoms with Crippen LogP contribution in [0.2, 0.25) is 0 Å². The van der Waals surface area contributed by atoms with E-state index >= 15 is 0 Å². The molecule has 1 amide bonds. The predicted molar refractivity (Wildman–Crippen MR) is 110 cm³/mol. The third-order valence-corrected chi connectivity index (χ3v) is 4.39. The standard InChI is InChI=1S/C22H21N5O2/c1-22(2,3)18-14-20(27(25-18)19-11-7-8-12-23-19)24-21(28)16-13-17(29-26-16)15-9-5-4-6-10-15/h4-14H,1-3H3,(H,24,28). The molecule has 1 aromatic carbocycles. The number of amides is 1. The van der Waals surface area contributed by atoms with Crippen LogP contribution in [0.1, 0.15) is 37.0 Å². The summed E-state index contributed by atoms with van der Waals surface area (Å²) in [6, 6.07) is 18.5. The van der Waals surface area contributed by atoms with Crippen molar-refractivity contribution in [3.05, 3.63) is 78.2 Å². The Morgan fingerprint density at radius 3 is 2.48 bits per heavy atom. The zero-order valence-corrected chi connectivity index (χ0v) is 16.5. The molecule has 4 rings (SSSR count). The normalized spacial score (nSPS) is 11.4. The van der Waals surface area contributed by atoms with Crippen molar-refractivity contribution in [2.75, 3.05) is 5.32 Å². The summed E-state index contributed by atoms with van der Waals surface area (Å²) in [5.74, 6) is 1.28. The minimum absolute atomic E-state index is 0.187. The van der Waals surface area contributed by atoms with Gasteiger partial charge >= 0.3 is 0 Å². The zero-order chi connectivity index (χ0) is 20.4. The summed E-state index contributed by atoms with van der Waals surface area (Å²) in [6.07, 6.45) is 1.68. The van der Waals surface area contributed by atoms with Crippen LogP contribution in [-0.4, -0.2) is 25.8 Å². The monoisotopic (exact) mass is 387 g/mol. The number of anilines is 1. The van der Waals surface area contributed by atoms with Crippen LogP contribution < -0.4 is 5.32 Å². The van der Waals surface area contributed by atoms with Gasteiger partial charge in [-0.05, 0) is 12.1 Å². The molecule has 0 saturated carbocycles. The summed E-state index contributed by atoms with van der Waals surface area (Å²) < 4.78 is 6.96. The van der Waals surface area contributed by atoms with Gasteiger partial charge in [0, 0.05) is 29.3 Å². The van der Waals surface area contributed by atoms with Crippen LogP contribution in [0.5, 0.6) is 0 Å². The molecule has 0 spiro atoms. The first kappa shape index (κ1) is 18.6. The average Bonchev–Trinajstić information content (AvgIpc) is 3.37. The number of hydrogen-bond donors (Lipinski definition) is 1. The second kappa shape index (κ2) is 7.35. The van der Waals surface area contributed by atoms with Crippen molar-refractivity contribution in [3.8, 4) is 17.1 Å². The van der Waals surface area contributed by atoms with Crippen LogP contribution in [-0.2, 0) is 5.41 Å². The highest BCUT2D eigenvalue weighted by Gasteiger charge is 2.23. The fourth-order valence-corrected chi connectivity index (χ4v) is 2.79. The van der Waals surface area contributed by atoms with Crippen LogP contribution in [0.15, 0.2) is 71.4 Å². The summed E-state index contributed by atoms with van der Waals surface area (Å²) in [5, 5.41) is 11.4. The summed E-state index contributed by atoms with van der Waals surface area (Å²) in [6.45, 7) is 6.19. The number of carbonyl (C=O) groups is 1. The number of rotatable bonds is 4. The first-order valence-electron chi connectivity index (χ1n) is 9.27. The molecule has 0 saturated heterocycles. The minimum Gasteiger partial charge on any atom is -0.355 e. The highest BCUT2D eigenvalue weighted by atomic mass is 16.5. The van der Waals surface area contributed by atoms with Gasteiger partial charge in [-0.1, -0.05) is 62.3 Å². The molecule has 0 radical (unpaired) electrons. The molecule has 0 bridgehead atoms. The Kier molecular flexibility index (Phi) is 4.72. The Hall–Kier alpha value is -3.74. The van der Waals surface area contributed by atoms with Crippen molar-refractivity contribution in [2.45, 2.75) is 26.2 Å². The number of nitrogens with one attached hydrogen (secondary N) is 1. The van der Waals surface area contributed by atoms with Gasteiger partial charge in [0.2, 0.25) is 0 Å². The molecule has 0 fully saturated rings. The SMILES string of the molecule is CC(C)(C)c1cc(NC(=O)c2cc(-c3ccccc3)on2)n(-c2ccccn2)n1. The van der Waals surface area contributed by atoms with Gasteiger partial charge in [-0.25, -0.2) is 4.98 Å². The maximum Gasteiger partial charge on any atom is 0.279 e. The maximum atomic E-state index is 12.8. The Balaban J connectivity index is 1.64. The molecular weight excluding hydrogens is 366 g/mol. The van der Waals surface area contributed by atoms with E-state index in [1.165, 1.54) is 0 Å². The van der Waals surface area contributed by atoms with E-state index in [0.717, 1.165) is 11.3 Å². The summed E-state index contributed by atoms with van der Waals surface area (Å²) >= 11 is 0. The van der Waals surface area contributed by atoms with Gasteiger partial charge < -0.3 is 9.84 Å². The molecular formula is C22H21N5O2. The second-order valence-electron chi connectivity index (χ2n) is 7.66. The maximum absolute atomic E-state index is 12.8. The molecule has 29 heavy (non-hydrogen) atoms. The lowest BCUT2D eigenvalue weighted by Gasteiger charge is -2.13. The van der Waals surface area contributed by atoms with E-state index in [0.29, 0.717) is 17.4 Å². The lowest BCUT2D eigenvalue weighted by atomic mass is 9.92. The Bertz CT molecular complexity index is 1120. The van der Waals surface area contributed by atoms with Crippen molar-refractivity contribution >= 4 is 11.7 Å². The van der Waals surface area contributed by atoms with E-state index in [1.807, 2.05) is 54.6 Å². The van der Waals surface area contributed by atoms with Crippen LogP contribution in [0.25, 0.3) is 17.1 Å². The molecule has 4 aromatic rings. The van der Waals surface area contributed by atoms with Gasteiger partial charge in [0.25, 0.3) is 5.91 Å². The van der Waals surface area contributed by atoms with E-state index in [4.69, 9.17) is 4.52 Å². The molecule has 0 atom stereocenters. The molecule has 7 nitrogen and oxygen atoms in total. The minimum atomic E-state index is -0.381. The van der Waals surface area contributed by atoms with Crippen LogP contribution in [0.4, 0.5) is 5.82 Å². The summed E-state index contributed by atoms with van der Waals surface area (Å²) in [4.78, 5) is 17.1. The number of nitrogens with zero attached hydrogens (tertiary/aromatic N) is 4. The topological polar surface area (TPSA) is 85.8 Å². The van der Waals surface area contributed by atoms with E-state index in [9.17, 15) is 4.79 Å². The number of hydrogen-bond acceptors (Lipinski definition) is 5. The van der Waals surface area contributed by atoms with Gasteiger partial charge in [0.05, 0.1) is 5.69 Å². The largest absolute Gasteiger partial charge is 0.355 e. The zero-order valence-electron chi connectivity index (χ0n) is 16.5. The number of aromatic nitrogens is 4. The van der Waals surface area contributed by atoms with E-state index in [1.54, 1.807) is 16.9 Å². The smallest absolute Gasteiger partial charge is 0.279 e. The number of pyridine rings is 1. The molecule has 0 aliphatic heterocycles. The molecule has 1 N–H and O–H groups in total. The number of benzene rings is 1. The third kappa shape index (κ3) is 3.94. The third-order valence-electron chi connectivity index (χ3n) is 4.39. The molecule has 3 aromatic heterocycles. The summed E-state index contributed by atoms with van der Waals surface area (Å²) in [5.41, 5.74) is 1.69. The van der Waals surface area contributed by atoms with E-state index < -0.39 is 0 Å². The molecule has 3 heterocycles. The first-order valence-corrected chi connectivity index (χ1v) is 9.27. The van der Waals surface area contributed by atoms with Crippen molar-refractivity contribution in [1.82, 2.24) is 19.9 Å². The molecule has 146 valence electrons. The van der Waals surface area contributed by atoms with Gasteiger partial charge in [-0.3, -0.25) is 4.79 Å². The van der Waals surface area contributed by atoms with Gasteiger partial charge in [0.1, 0.15) is 5.82 Å². The highest BCUT2D eigenvalue weighted by Crippen LogP contribution is 2.26. The second-order valence-corrected chi connectivity index (χ2v) is 7.66. The molecule has 0 unspecified atom stereocenters. The predicted octanol–water partition coefficient (Wildman–Crippen LogP) is 4.47.